The number of alkyl halides is 3. The third-order valence-corrected chi connectivity index (χ3v) is 2.24. The molecule has 1 heterocycles. The lowest BCUT2D eigenvalue weighted by Gasteiger charge is -2.11. The third kappa shape index (κ3) is 2.99. The zero-order valence-corrected chi connectivity index (χ0v) is 8.98. The summed E-state index contributed by atoms with van der Waals surface area (Å²) in [6.07, 6.45) is -3.34. The molecule has 0 atom stereocenters. The summed E-state index contributed by atoms with van der Waals surface area (Å²) in [7, 11) is 0. The predicted octanol–water partition coefficient (Wildman–Crippen LogP) is 1.87. The maximum Gasteiger partial charge on any atom is 0.417 e. The van der Waals surface area contributed by atoms with Gasteiger partial charge in [0.1, 0.15) is 5.02 Å². The van der Waals surface area contributed by atoms with Crippen molar-refractivity contribution in [2.75, 3.05) is 6.54 Å². The highest BCUT2D eigenvalue weighted by molar-refractivity contribution is 6.30. The topological polar surface area (TPSA) is 48.0 Å². The fourth-order valence-electron chi connectivity index (χ4n) is 1.18. The monoisotopic (exact) mass is 254 g/mol. The molecule has 0 aliphatic heterocycles. The molecule has 1 rings (SSSR count). The zero-order chi connectivity index (χ0) is 12.3. The van der Waals surface area contributed by atoms with Gasteiger partial charge in [-0.3, -0.25) is 4.79 Å². The van der Waals surface area contributed by atoms with Crippen molar-refractivity contribution in [3.8, 4) is 0 Å². The Kier molecular flexibility index (Phi) is 3.98. The van der Waals surface area contributed by atoms with Gasteiger partial charge in [0.25, 0.3) is 5.56 Å². The third-order valence-electron chi connectivity index (χ3n) is 1.97. The quantitative estimate of drug-likeness (QED) is 0.895. The Morgan fingerprint density at radius 3 is 2.56 bits per heavy atom. The SMILES string of the molecule is NCCCn1cc(C(F)(F)F)cc(Cl)c1=O. The first-order chi connectivity index (χ1) is 7.36. The fourth-order valence-corrected chi connectivity index (χ4v) is 1.41. The molecule has 16 heavy (non-hydrogen) atoms. The van der Waals surface area contributed by atoms with Gasteiger partial charge in [-0.05, 0) is 19.0 Å². The molecule has 0 aliphatic carbocycles. The molecule has 1 aromatic heterocycles. The number of halogens is 4. The van der Waals surface area contributed by atoms with E-state index < -0.39 is 22.3 Å². The largest absolute Gasteiger partial charge is 0.417 e. The van der Waals surface area contributed by atoms with Crippen LogP contribution in [-0.4, -0.2) is 11.1 Å². The van der Waals surface area contributed by atoms with E-state index in [9.17, 15) is 18.0 Å². The summed E-state index contributed by atoms with van der Waals surface area (Å²) in [5.74, 6) is 0. The van der Waals surface area contributed by atoms with Crippen molar-refractivity contribution in [1.82, 2.24) is 4.57 Å². The van der Waals surface area contributed by atoms with Crippen LogP contribution in [0.1, 0.15) is 12.0 Å². The van der Waals surface area contributed by atoms with Gasteiger partial charge in [0.2, 0.25) is 0 Å². The first-order valence-corrected chi connectivity index (χ1v) is 4.91. The minimum Gasteiger partial charge on any atom is -0.330 e. The highest BCUT2D eigenvalue weighted by Gasteiger charge is 2.31. The van der Waals surface area contributed by atoms with Crippen molar-refractivity contribution < 1.29 is 13.2 Å². The average Bonchev–Trinajstić information content (AvgIpc) is 2.18. The van der Waals surface area contributed by atoms with E-state index in [-0.39, 0.29) is 6.54 Å². The second-order valence-corrected chi connectivity index (χ2v) is 3.62. The molecule has 90 valence electrons. The normalized spacial score (nSPS) is 11.8. The molecule has 0 aliphatic rings. The lowest BCUT2D eigenvalue weighted by molar-refractivity contribution is -0.138. The molecule has 0 bridgehead atoms. The molecule has 7 heteroatoms. The van der Waals surface area contributed by atoms with Crippen LogP contribution in [0.2, 0.25) is 5.02 Å². The molecule has 1 aromatic rings. The standard InChI is InChI=1S/C9H10ClF3N2O/c10-7-4-6(9(11,12)13)5-15(8(7)16)3-1-2-14/h4-5H,1-3,14H2. The summed E-state index contributed by atoms with van der Waals surface area (Å²) in [4.78, 5) is 11.4. The number of hydrogen-bond donors (Lipinski definition) is 1. The van der Waals surface area contributed by atoms with Crippen LogP contribution in [-0.2, 0) is 12.7 Å². The van der Waals surface area contributed by atoms with Gasteiger partial charge in [-0.15, -0.1) is 0 Å². The van der Waals surface area contributed by atoms with Gasteiger partial charge in [0.05, 0.1) is 5.56 Å². The van der Waals surface area contributed by atoms with Crippen LogP contribution >= 0.6 is 11.6 Å². The Bertz CT molecular complexity index is 428. The van der Waals surface area contributed by atoms with Gasteiger partial charge in [-0.1, -0.05) is 11.6 Å². The molecule has 0 aromatic carbocycles. The Morgan fingerprint density at radius 2 is 2.06 bits per heavy atom. The summed E-state index contributed by atoms with van der Waals surface area (Å²) in [6.45, 7) is 0.416. The second-order valence-electron chi connectivity index (χ2n) is 3.22. The molecule has 0 radical (unpaired) electrons. The summed E-state index contributed by atoms with van der Waals surface area (Å²) < 4.78 is 38.1. The number of aromatic nitrogens is 1. The van der Waals surface area contributed by atoms with E-state index in [4.69, 9.17) is 17.3 Å². The molecule has 0 fully saturated rings. The number of rotatable bonds is 3. The Balaban J connectivity index is 3.17. The van der Waals surface area contributed by atoms with Crippen molar-refractivity contribution in [1.29, 1.82) is 0 Å². The summed E-state index contributed by atoms with van der Waals surface area (Å²) in [5.41, 5.74) is 3.65. The van der Waals surface area contributed by atoms with Gasteiger partial charge >= 0.3 is 6.18 Å². The van der Waals surface area contributed by atoms with Crippen LogP contribution in [0.15, 0.2) is 17.1 Å². The molecular formula is C9H10ClF3N2O. The number of pyridine rings is 1. The molecule has 0 saturated carbocycles. The second kappa shape index (κ2) is 4.88. The van der Waals surface area contributed by atoms with Crippen molar-refractivity contribution in [2.24, 2.45) is 5.73 Å². The molecular weight excluding hydrogens is 245 g/mol. The number of nitrogens with two attached hydrogens (primary N) is 1. The van der Waals surface area contributed by atoms with E-state index in [1.54, 1.807) is 0 Å². The van der Waals surface area contributed by atoms with E-state index >= 15 is 0 Å². The molecule has 3 nitrogen and oxygen atoms in total. The smallest absolute Gasteiger partial charge is 0.330 e. The van der Waals surface area contributed by atoms with E-state index in [1.807, 2.05) is 0 Å². The van der Waals surface area contributed by atoms with Crippen molar-refractivity contribution in [3.63, 3.8) is 0 Å². The van der Waals surface area contributed by atoms with Gasteiger partial charge in [-0.25, -0.2) is 0 Å². The maximum absolute atomic E-state index is 12.4. The first kappa shape index (κ1) is 13.1. The minimum atomic E-state index is -4.51. The lowest BCUT2D eigenvalue weighted by atomic mass is 10.2. The van der Waals surface area contributed by atoms with E-state index in [0.29, 0.717) is 19.0 Å². The Morgan fingerprint density at radius 1 is 1.44 bits per heavy atom. The molecule has 0 saturated heterocycles. The Labute approximate surface area is 94.6 Å². The number of nitrogens with zero attached hydrogens (tertiary/aromatic N) is 1. The summed E-state index contributed by atoms with van der Waals surface area (Å²) >= 11 is 5.44. The van der Waals surface area contributed by atoms with E-state index in [0.717, 1.165) is 10.8 Å². The summed E-state index contributed by atoms with van der Waals surface area (Å²) in [6, 6.07) is 0.628. The summed E-state index contributed by atoms with van der Waals surface area (Å²) in [5, 5.41) is -0.438. The number of aryl methyl sites for hydroxylation is 1. The predicted molar refractivity (Wildman–Crippen MR) is 54.4 cm³/mol. The van der Waals surface area contributed by atoms with Gasteiger partial charge in [-0.2, -0.15) is 13.2 Å². The van der Waals surface area contributed by atoms with Crippen LogP contribution in [0.5, 0.6) is 0 Å². The first-order valence-electron chi connectivity index (χ1n) is 4.53. The van der Waals surface area contributed by atoms with Crippen molar-refractivity contribution in [2.45, 2.75) is 19.1 Å². The van der Waals surface area contributed by atoms with Crippen LogP contribution < -0.4 is 11.3 Å². The average molecular weight is 255 g/mol. The van der Waals surface area contributed by atoms with Crippen LogP contribution in [0, 0.1) is 0 Å². The van der Waals surface area contributed by atoms with Crippen LogP contribution in [0.25, 0.3) is 0 Å². The van der Waals surface area contributed by atoms with E-state index in [2.05, 4.69) is 0 Å². The van der Waals surface area contributed by atoms with E-state index in [1.165, 1.54) is 0 Å². The van der Waals surface area contributed by atoms with Gasteiger partial charge < -0.3 is 10.3 Å². The lowest BCUT2D eigenvalue weighted by Crippen LogP contribution is -2.24. The minimum absolute atomic E-state index is 0.124. The highest BCUT2D eigenvalue weighted by atomic mass is 35.5. The van der Waals surface area contributed by atoms with Crippen molar-refractivity contribution in [3.05, 3.63) is 33.2 Å². The van der Waals surface area contributed by atoms with Gasteiger partial charge in [0, 0.05) is 12.7 Å². The highest BCUT2D eigenvalue weighted by Crippen LogP contribution is 2.29. The molecule has 0 amide bonds. The Hall–Kier alpha value is -1.01. The maximum atomic E-state index is 12.4. The molecule has 0 unspecified atom stereocenters. The van der Waals surface area contributed by atoms with Crippen LogP contribution in [0.4, 0.5) is 13.2 Å². The zero-order valence-electron chi connectivity index (χ0n) is 8.22. The molecule has 0 spiro atoms. The van der Waals surface area contributed by atoms with Crippen LogP contribution in [0.3, 0.4) is 0 Å². The number of hydrogen-bond acceptors (Lipinski definition) is 2. The fraction of sp³-hybridized carbons (Fsp3) is 0.444. The van der Waals surface area contributed by atoms with Crippen molar-refractivity contribution >= 4 is 11.6 Å². The molecule has 2 N–H and O–H groups in total. The van der Waals surface area contributed by atoms with Gasteiger partial charge in [0.15, 0.2) is 0 Å².